The lowest BCUT2D eigenvalue weighted by Gasteiger charge is -2.15. The fourth-order valence-corrected chi connectivity index (χ4v) is 8.14. The number of nitrogens with zero attached hydrogens (tertiary/aromatic N) is 4. The van der Waals surface area contributed by atoms with Crippen molar-refractivity contribution in [2.45, 2.75) is 0 Å². The predicted molar refractivity (Wildman–Crippen MR) is 240 cm³/mol. The van der Waals surface area contributed by atoms with Crippen LogP contribution in [0.25, 0.3) is 111 Å². The van der Waals surface area contributed by atoms with Crippen molar-refractivity contribution < 1.29 is 0 Å². The quantitative estimate of drug-likeness (QED) is 0.159. The Kier molecular flexibility index (Phi) is 8.11. The SMILES string of the molecule is c1ccc(-c2cnc3cc(-c4cc(-c5nc(-c6ccccc6)nc(-c6ccc7ccccc7c6)n5)cc(-c5cc6ccccc6c6ccccc56)c4)ccc3c2)cc1. The standard InChI is InChI=1S/C54H34N4/c1-3-13-35(14-4-1)46-28-41-25-24-39(33-51(41)55-34-46)43-29-44(50-32-40-19-9-10-20-47(40)48-21-11-12-22-49(48)50)31-45(30-43)54-57-52(37-16-5-2-6-17-37)56-53(58-54)42-26-23-36-15-7-8-18-38(36)27-42/h1-34H. The molecule has 4 nitrogen and oxygen atoms in total. The van der Waals surface area contributed by atoms with Crippen LogP contribution in [-0.4, -0.2) is 19.9 Å². The zero-order valence-corrected chi connectivity index (χ0v) is 31.4. The van der Waals surface area contributed by atoms with E-state index in [9.17, 15) is 0 Å². The van der Waals surface area contributed by atoms with E-state index in [2.05, 4.69) is 176 Å². The van der Waals surface area contributed by atoms with Crippen LogP contribution in [0.5, 0.6) is 0 Å². The van der Waals surface area contributed by atoms with Gasteiger partial charge in [-0.3, -0.25) is 4.98 Å². The number of fused-ring (bicyclic) bond motifs is 5. The van der Waals surface area contributed by atoms with Gasteiger partial charge >= 0.3 is 0 Å². The summed E-state index contributed by atoms with van der Waals surface area (Å²) in [6.45, 7) is 0. The Balaban J connectivity index is 1.14. The summed E-state index contributed by atoms with van der Waals surface area (Å²) < 4.78 is 0. The first-order chi connectivity index (χ1) is 28.7. The first-order valence-electron chi connectivity index (χ1n) is 19.5. The topological polar surface area (TPSA) is 51.6 Å². The first-order valence-corrected chi connectivity index (χ1v) is 19.5. The van der Waals surface area contributed by atoms with Crippen LogP contribution in [0.2, 0.25) is 0 Å². The normalized spacial score (nSPS) is 11.4. The van der Waals surface area contributed by atoms with E-state index in [1.807, 2.05) is 30.5 Å². The van der Waals surface area contributed by atoms with Crippen molar-refractivity contribution in [3.8, 4) is 67.5 Å². The van der Waals surface area contributed by atoms with Gasteiger partial charge in [-0.15, -0.1) is 0 Å². The third-order valence-electron chi connectivity index (χ3n) is 11.1. The van der Waals surface area contributed by atoms with Crippen LogP contribution >= 0.6 is 0 Å². The highest BCUT2D eigenvalue weighted by atomic mass is 15.0. The summed E-state index contributed by atoms with van der Waals surface area (Å²) in [5.41, 5.74) is 10.3. The number of hydrogen-bond acceptors (Lipinski definition) is 4. The minimum absolute atomic E-state index is 0.608. The van der Waals surface area contributed by atoms with E-state index in [0.29, 0.717) is 17.5 Å². The molecule has 58 heavy (non-hydrogen) atoms. The molecule has 0 aliphatic carbocycles. The zero-order chi connectivity index (χ0) is 38.4. The van der Waals surface area contributed by atoms with Crippen molar-refractivity contribution in [2.75, 3.05) is 0 Å². The molecule has 9 aromatic carbocycles. The molecule has 0 radical (unpaired) electrons. The van der Waals surface area contributed by atoms with E-state index in [4.69, 9.17) is 19.9 Å². The lowest BCUT2D eigenvalue weighted by molar-refractivity contribution is 1.07. The van der Waals surface area contributed by atoms with E-state index in [-0.39, 0.29) is 0 Å². The third-order valence-corrected chi connectivity index (χ3v) is 11.1. The van der Waals surface area contributed by atoms with Gasteiger partial charge in [-0.2, -0.15) is 0 Å². The molecule has 11 aromatic rings. The fraction of sp³-hybridized carbons (Fsp3) is 0. The molecule has 2 aromatic heterocycles. The molecule has 0 aliphatic rings. The smallest absolute Gasteiger partial charge is 0.164 e. The number of benzene rings is 9. The molecule has 0 fully saturated rings. The van der Waals surface area contributed by atoms with E-state index in [0.717, 1.165) is 66.4 Å². The molecule has 0 atom stereocenters. The second-order valence-corrected chi connectivity index (χ2v) is 14.7. The molecule has 0 bridgehead atoms. The average molecular weight is 739 g/mol. The van der Waals surface area contributed by atoms with Gasteiger partial charge in [-0.1, -0.05) is 158 Å². The highest BCUT2D eigenvalue weighted by Crippen LogP contribution is 2.39. The van der Waals surface area contributed by atoms with Gasteiger partial charge in [-0.05, 0) is 103 Å². The maximum Gasteiger partial charge on any atom is 0.164 e. The number of pyridine rings is 1. The van der Waals surface area contributed by atoms with Gasteiger partial charge in [0.15, 0.2) is 17.5 Å². The van der Waals surface area contributed by atoms with Crippen molar-refractivity contribution in [2.24, 2.45) is 0 Å². The fourth-order valence-electron chi connectivity index (χ4n) is 8.14. The van der Waals surface area contributed by atoms with Gasteiger partial charge in [0.2, 0.25) is 0 Å². The second-order valence-electron chi connectivity index (χ2n) is 14.7. The minimum atomic E-state index is 0.608. The van der Waals surface area contributed by atoms with Crippen LogP contribution in [-0.2, 0) is 0 Å². The van der Waals surface area contributed by atoms with Crippen LogP contribution in [0.1, 0.15) is 0 Å². The van der Waals surface area contributed by atoms with Gasteiger partial charge in [0.05, 0.1) is 5.52 Å². The molecular formula is C54H34N4. The molecule has 2 heterocycles. The Hall–Kier alpha value is -7.82. The zero-order valence-electron chi connectivity index (χ0n) is 31.4. The molecule has 0 amide bonds. The van der Waals surface area contributed by atoms with Crippen LogP contribution in [0.15, 0.2) is 206 Å². The predicted octanol–water partition coefficient (Wildman–Crippen LogP) is 13.9. The Morgan fingerprint density at radius 3 is 1.60 bits per heavy atom. The molecule has 0 N–H and O–H groups in total. The van der Waals surface area contributed by atoms with Crippen molar-refractivity contribution in [1.82, 2.24) is 19.9 Å². The molecule has 0 unspecified atom stereocenters. The Bertz CT molecular complexity index is 3340. The monoisotopic (exact) mass is 738 g/mol. The number of rotatable bonds is 6. The van der Waals surface area contributed by atoms with E-state index < -0.39 is 0 Å². The van der Waals surface area contributed by atoms with Crippen molar-refractivity contribution in [3.05, 3.63) is 206 Å². The van der Waals surface area contributed by atoms with E-state index in [1.54, 1.807) is 0 Å². The Morgan fingerprint density at radius 1 is 0.259 bits per heavy atom. The lowest BCUT2D eigenvalue weighted by Crippen LogP contribution is -2.00. The van der Waals surface area contributed by atoms with Crippen LogP contribution in [0, 0.1) is 0 Å². The molecular weight excluding hydrogens is 705 g/mol. The molecule has 4 heteroatoms. The summed E-state index contributed by atoms with van der Waals surface area (Å²) >= 11 is 0. The first kappa shape index (κ1) is 33.5. The van der Waals surface area contributed by atoms with Gasteiger partial charge in [0, 0.05) is 33.8 Å². The number of aromatic nitrogens is 4. The van der Waals surface area contributed by atoms with E-state index >= 15 is 0 Å². The molecule has 0 saturated carbocycles. The van der Waals surface area contributed by atoms with Gasteiger partial charge in [-0.25, -0.2) is 15.0 Å². The Labute approximate surface area is 335 Å². The van der Waals surface area contributed by atoms with Gasteiger partial charge in [0.1, 0.15) is 0 Å². The average Bonchev–Trinajstić information content (AvgIpc) is 3.31. The van der Waals surface area contributed by atoms with Crippen molar-refractivity contribution >= 4 is 43.2 Å². The molecule has 270 valence electrons. The summed E-state index contributed by atoms with van der Waals surface area (Å²) in [4.78, 5) is 20.5. The largest absolute Gasteiger partial charge is 0.256 e. The maximum atomic E-state index is 5.24. The highest BCUT2D eigenvalue weighted by molar-refractivity contribution is 6.14. The van der Waals surface area contributed by atoms with Crippen molar-refractivity contribution in [3.63, 3.8) is 0 Å². The summed E-state index contributed by atoms with van der Waals surface area (Å²) in [6.07, 6.45) is 1.97. The molecule has 0 spiro atoms. The van der Waals surface area contributed by atoms with Crippen LogP contribution in [0.4, 0.5) is 0 Å². The Morgan fingerprint density at radius 2 is 0.810 bits per heavy atom. The summed E-state index contributed by atoms with van der Waals surface area (Å²) in [6, 6.07) is 70.5. The van der Waals surface area contributed by atoms with Gasteiger partial charge in [0.25, 0.3) is 0 Å². The summed E-state index contributed by atoms with van der Waals surface area (Å²) in [5.74, 6) is 1.86. The summed E-state index contributed by atoms with van der Waals surface area (Å²) in [7, 11) is 0. The molecule has 11 rings (SSSR count). The summed E-state index contributed by atoms with van der Waals surface area (Å²) in [5, 5.41) is 8.23. The van der Waals surface area contributed by atoms with E-state index in [1.165, 1.54) is 26.9 Å². The van der Waals surface area contributed by atoms with Crippen molar-refractivity contribution in [1.29, 1.82) is 0 Å². The number of hydrogen-bond donors (Lipinski definition) is 0. The lowest BCUT2D eigenvalue weighted by atomic mass is 9.90. The third kappa shape index (κ3) is 6.14. The van der Waals surface area contributed by atoms with Crippen LogP contribution < -0.4 is 0 Å². The molecule has 0 saturated heterocycles. The second kappa shape index (κ2) is 14.0. The van der Waals surface area contributed by atoms with Crippen LogP contribution in [0.3, 0.4) is 0 Å². The maximum absolute atomic E-state index is 5.24. The molecule has 0 aliphatic heterocycles. The van der Waals surface area contributed by atoms with Gasteiger partial charge < -0.3 is 0 Å². The minimum Gasteiger partial charge on any atom is -0.256 e. The highest BCUT2D eigenvalue weighted by Gasteiger charge is 2.17.